The third-order valence-corrected chi connectivity index (χ3v) is 17.0. The highest BCUT2D eigenvalue weighted by Crippen LogP contribution is 2.56. The average Bonchev–Trinajstić information content (AvgIpc) is 3.93. The molecule has 416 valence electrons. The summed E-state index contributed by atoms with van der Waals surface area (Å²) in [5.74, 6) is -4.99. The summed E-state index contributed by atoms with van der Waals surface area (Å²) in [6.07, 6.45) is 5.15. The van der Waals surface area contributed by atoms with Crippen molar-refractivity contribution >= 4 is 59.1 Å². The van der Waals surface area contributed by atoms with Gasteiger partial charge < -0.3 is 39.9 Å². The monoisotopic (exact) mass is 1060 g/mol. The van der Waals surface area contributed by atoms with Crippen LogP contribution in [0.4, 0.5) is 4.39 Å². The van der Waals surface area contributed by atoms with Crippen molar-refractivity contribution in [2.75, 3.05) is 47.2 Å². The number of benzene rings is 1. The van der Waals surface area contributed by atoms with E-state index in [-0.39, 0.29) is 89.2 Å². The first kappa shape index (κ1) is 61.9. The second-order valence-electron chi connectivity index (χ2n) is 21.8. The topological polar surface area (TPSA) is 212 Å². The number of likely N-dealkylation sites (N-methyl/N-ethyl adjacent to an activating group) is 2. The van der Waals surface area contributed by atoms with Gasteiger partial charge in [-0.05, 0) is 79.1 Å². The van der Waals surface area contributed by atoms with E-state index >= 15 is 0 Å². The molecule has 1 saturated carbocycles. The Hall–Kier alpha value is -4.62. The van der Waals surface area contributed by atoms with E-state index in [1.165, 1.54) is 42.2 Å². The summed E-state index contributed by atoms with van der Waals surface area (Å²) in [6, 6.07) is 1.37. The quantitative estimate of drug-likeness (QED) is 0.0570. The average molecular weight is 1060 g/mol. The predicted octanol–water partition coefficient (Wildman–Crippen LogP) is 6.09. The van der Waals surface area contributed by atoms with E-state index in [1.54, 1.807) is 48.6 Å². The number of carbonyl (C=O) groups excluding carboxylic acids is 7. The number of hydrogen-bond donors (Lipinski definition) is 3. The molecular formula is C55H87FN6O11S. The van der Waals surface area contributed by atoms with E-state index in [0.717, 1.165) is 31.4 Å². The largest absolute Gasteiger partial charge is 0.480 e. The maximum atomic E-state index is 14.7. The molecule has 1 spiro atoms. The standard InChI is InChI=1S/C55H87FN6O11S/c1-13-15-27-74-42-30-45(65)61(52(42)68)26-20-16-17-23-43(63)59(9)47(34(5)6)51(67)58-46(33(3)4)53(69)60(10)48(35(7)14-2)41(72-11)29-44(64)62-32-55(24-25-55)31-40(62)49(73-12)36(8)50(66)57-39(54(70)71)28-37-21-18-19-22-38(37)56/h18-19,21-22,33-36,39-42,46-49H,13-17,20,23-32H2,1-12H3,(H,57,66)(H,58,67)(H,70,71)/t35-,36+,39-,40-,41?,42?,46-,47?,48-,49?/m0/s1. The number of amides is 7. The summed E-state index contributed by atoms with van der Waals surface area (Å²) in [5.41, 5.74) is 0.00794. The molecule has 4 unspecified atom stereocenters. The molecule has 74 heavy (non-hydrogen) atoms. The molecular weight excluding hydrogens is 972 g/mol. The smallest absolute Gasteiger partial charge is 0.326 e. The number of aliphatic carboxylic acids is 1. The lowest BCUT2D eigenvalue weighted by molar-refractivity contribution is -0.149. The Bertz CT molecular complexity index is 2110. The SMILES string of the molecule is CCCCSC1CC(=O)N(CCCCCC(=O)N(C)C(C(=O)N[C@H](C(=O)N(C)[C@H](C(CC(=O)N2CC3(CC3)C[C@H]2C(OC)[C@@H](C)C(=O)N[C@@H](Cc2ccccc2F)C(=O)O)OC)[C@@H](C)CC)C(C)C)C(C)C)C1=O. The summed E-state index contributed by atoms with van der Waals surface area (Å²) >= 11 is 1.54. The van der Waals surface area contributed by atoms with Crippen molar-refractivity contribution in [3.63, 3.8) is 0 Å². The molecule has 4 rings (SSSR count). The highest BCUT2D eigenvalue weighted by molar-refractivity contribution is 8.00. The summed E-state index contributed by atoms with van der Waals surface area (Å²) in [4.78, 5) is 115. The zero-order valence-corrected chi connectivity index (χ0v) is 47.0. The number of rotatable bonds is 31. The van der Waals surface area contributed by atoms with Gasteiger partial charge in [0.2, 0.25) is 41.4 Å². The molecule has 2 saturated heterocycles. The van der Waals surface area contributed by atoms with Crippen LogP contribution in [0.15, 0.2) is 24.3 Å². The molecule has 1 aliphatic carbocycles. The fourth-order valence-corrected chi connectivity index (χ4v) is 12.1. The minimum atomic E-state index is -1.41. The summed E-state index contributed by atoms with van der Waals surface area (Å²) < 4.78 is 26.6. The van der Waals surface area contributed by atoms with Crippen molar-refractivity contribution < 1.29 is 57.3 Å². The zero-order valence-electron chi connectivity index (χ0n) is 46.2. The van der Waals surface area contributed by atoms with Gasteiger partial charge in [-0.1, -0.05) is 92.9 Å². The van der Waals surface area contributed by atoms with E-state index in [1.807, 2.05) is 41.5 Å². The highest BCUT2D eigenvalue weighted by Gasteiger charge is 2.56. The Morgan fingerprint density at radius 2 is 1.57 bits per heavy atom. The second-order valence-corrected chi connectivity index (χ2v) is 23.1. The Kier molecular flexibility index (Phi) is 23.8. The number of unbranched alkanes of at least 4 members (excludes halogenated alkanes) is 3. The van der Waals surface area contributed by atoms with Crippen LogP contribution in [0.5, 0.6) is 0 Å². The molecule has 3 N–H and O–H groups in total. The molecule has 3 fully saturated rings. The number of likely N-dealkylation sites (tertiary alicyclic amines) is 2. The van der Waals surface area contributed by atoms with Gasteiger partial charge in [-0.2, -0.15) is 0 Å². The molecule has 17 nitrogen and oxygen atoms in total. The highest BCUT2D eigenvalue weighted by atomic mass is 32.2. The lowest BCUT2D eigenvalue weighted by Gasteiger charge is -2.41. The molecule has 7 amide bonds. The number of methoxy groups -OCH3 is 2. The van der Waals surface area contributed by atoms with Gasteiger partial charge in [-0.3, -0.25) is 38.5 Å². The van der Waals surface area contributed by atoms with Crippen LogP contribution in [-0.4, -0.2) is 167 Å². The summed E-state index contributed by atoms with van der Waals surface area (Å²) in [7, 11) is 6.21. The fourth-order valence-electron chi connectivity index (χ4n) is 10.8. The van der Waals surface area contributed by atoms with Crippen LogP contribution in [0.3, 0.4) is 0 Å². The lowest BCUT2D eigenvalue weighted by Crippen LogP contribution is -2.60. The van der Waals surface area contributed by atoms with Gasteiger partial charge >= 0.3 is 5.97 Å². The first-order valence-electron chi connectivity index (χ1n) is 26.9. The van der Waals surface area contributed by atoms with E-state index in [4.69, 9.17) is 9.47 Å². The number of hydrogen-bond acceptors (Lipinski definition) is 11. The van der Waals surface area contributed by atoms with Gasteiger partial charge in [0, 0.05) is 60.7 Å². The number of carboxylic acid groups (broad SMARTS) is 1. The van der Waals surface area contributed by atoms with Crippen LogP contribution in [0, 0.1) is 34.9 Å². The molecule has 10 atom stereocenters. The van der Waals surface area contributed by atoms with Crippen LogP contribution >= 0.6 is 11.8 Å². The summed E-state index contributed by atoms with van der Waals surface area (Å²) in [6.45, 7) is 15.8. The zero-order chi connectivity index (χ0) is 55.2. The van der Waals surface area contributed by atoms with Crippen molar-refractivity contribution in [2.24, 2.45) is 29.1 Å². The van der Waals surface area contributed by atoms with Crippen LogP contribution in [0.1, 0.15) is 138 Å². The van der Waals surface area contributed by atoms with Crippen molar-refractivity contribution in [3.8, 4) is 0 Å². The van der Waals surface area contributed by atoms with E-state index < -0.39 is 71.9 Å². The van der Waals surface area contributed by atoms with E-state index in [9.17, 15) is 47.9 Å². The molecule has 1 aromatic carbocycles. The minimum absolute atomic E-state index is 0.106. The van der Waals surface area contributed by atoms with E-state index in [2.05, 4.69) is 17.6 Å². The number of imide groups is 1. The first-order chi connectivity index (χ1) is 35.0. The van der Waals surface area contributed by atoms with Gasteiger partial charge in [0.15, 0.2) is 0 Å². The Morgan fingerprint density at radius 1 is 0.892 bits per heavy atom. The first-order valence-corrected chi connectivity index (χ1v) is 27.9. The van der Waals surface area contributed by atoms with Crippen molar-refractivity contribution in [1.29, 1.82) is 0 Å². The Balaban J connectivity index is 1.42. The molecule has 1 aromatic rings. The number of ether oxygens (including phenoxy) is 2. The number of nitrogens with zero attached hydrogens (tertiary/aromatic N) is 4. The van der Waals surface area contributed by atoms with Gasteiger partial charge in [0.05, 0.1) is 41.9 Å². The molecule has 3 aliphatic rings. The third-order valence-electron chi connectivity index (χ3n) is 15.7. The maximum Gasteiger partial charge on any atom is 0.326 e. The van der Waals surface area contributed by atoms with Crippen molar-refractivity contribution in [1.82, 2.24) is 30.2 Å². The van der Waals surface area contributed by atoms with Gasteiger partial charge in [-0.15, -0.1) is 11.8 Å². The Morgan fingerprint density at radius 3 is 2.14 bits per heavy atom. The van der Waals surface area contributed by atoms with Crippen LogP contribution < -0.4 is 10.6 Å². The fraction of sp³-hybridized carbons (Fsp3) is 0.745. The number of halogens is 1. The third kappa shape index (κ3) is 16.0. The lowest BCUT2D eigenvalue weighted by atomic mass is 9.89. The molecule has 19 heteroatoms. The molecule has 2 heterocycles. The maximum absolute atomic E-state index is 14.7. The van der Waals surface area contributed by atoms with Gasteiger partial charge in [0.25, 0.3) is 0 Å². The van der Waals surface area contributed by atoms with Gasteiger partial charge in [0.1, 0.15) is 23.9 Å². The van der Waals surface area contributed by atoms with Crippen molar-refractivity contribution in [3.05, 3.63) is 35.6 Å². The molecule has 0 radical (unpaired) electrons. The Labute approximate surface area is 443 Å². The van der Waals surface area contributed by atoms with Crippen molar-refractivity contribution in [2.45, 2.75) is 187 Å². The number of carboxylic acids is 1. The second kappa shape index (κ2) is 28.5. The van der Waals surface area contributed by atoms with Gasteiger partial charge in [-0.25, -0.2) is 9.18 Å². The number of nitrogens with one attached hydrogen (secondary N) is 2. The predicted molar refractivity (Wildman–Crippen MR) is 282 cm³/mol. The molecule has 0 aromatic heterocycles. The van der Waals surface area contributed by atoms with E-state index in [0.29, 0.717) is 45.2 Å². The normalized spacial score (nSPS) is 20.5. The summed E-state index contributed by atoms with van der Waals surface area (Å²) in [5, 5.41) is 15.2. The molecule has 0 bridgehead atoms. The molecule has 2 aliphatic heterocycles. The van der Waals surface area contributed by atoms with Crippen LogP contribution in [0.2, 0.25) is 0 Å². The number of thioether (sulfide) groups is 1. The number of carbonyl (C=O) groups is 8. The minimum Gasteiger partial charge on any atom is -0.480 e. The van der Waals surface area contributed by atoms with Crippen LogP contribution in [0.25, 0.3) is 0 Å². The van der Waals surface area contributed by atoms with Crippen LogP contribution in [-0.2, 0) is 54.3 Å².